The Balaban J connectivity index is 1.86. The summed E-state index contributed by atoms with van der Waals surface area (Å²) in [5.41, 5.74) is -4.92. The van der Waals surface area contributed by atoms with Crippen LogP contribution in [0.25, 0.3) is 11.1 Å². The Morgan fingerprint density at radius 1 is 0.955 bits per heavy atom. The summed E-state index contributed by atoms with van der Waals surface area (Å²) in [4.78, 5) is 20.9. The van der Waals surface area contributed by atoms with Crippen molar-refractivity contribution in [2.24, 2.45) is 0 Å². The van der Waals surface area contributed by atoms with Crippen molar-refractivity contribution in [2.75, 3.05) is 30.0 Å². The molecular formula is C30H30F7N3O4. The number of hydrogen-bond donors (Lipinski definition) is 3. The van der Waals surface area contributed by atoms with Crippen molar-refractivity contribution in [1.29, 1.82) is 0 Å². The van der Waals surface area contributed by atoms with E-state index >= 15 is 0 Å². The topological polar surface area (TPSA) is 97.1 Å². The second-order valence-electron chi connectivity index (χ2n) is 11.2. The Labute approximate surface area is 248 Å². The minimum Gasteiger partial charge on any atom is -0.394 e. The van der Waals surface area contributed by atoms with E-state index in [2.05, 4.69) is 4.98 Å². The molecule has 1 fully saturated rings. The van der Waals surface area contributed by atoms with Gasteiger partial charge in [0.05, 0.1) is 53.8 Å². The van der Waals surface area contributed by atoms with Gasteiger partial charge in [0, 0.05) is 19.2 Å². The Morgan fingerprint density at radius 2 is 1.55 bits per heavy atom. The second-order valence-corrected chi connectivity index (χ2v) is 11.2. The molecule has 2 atom stereocenters. The Kier molecular flexibility index (Phi) is 9.02. The number of nitrogens with zero attached hydrogens (tertiary/aromatic N) is 3. The number of carbonyl (C=O) groups excluding carboxylic acids is 1. The van der Waals surface area contributed by atoms with Gasteiger partial charge in [-0.25, -0.2) is 9.37 Å². The fourth-order valence-corrected chi connectivity index (χ4v) is 5.35. The minimum atomic E-state index is -5.12. The van der Waals surface area contributed by atoms with Crippen LogP contribution in [0.3, 0.4) is 0 Å². The molecule has 44 heavy (non-hydrogen) atoms. The number of carbonyl (C=O) groups is 1. The second kappa shape index (κ2) is 12.0. The van der Waals surface area contributed by atoms with Gasteiger partial charge in [-0.15, -0.1) is 0 Å². The van der Waals surface area contributed by atoms with Crippen LogP contribution in [-0.2, 0) is 29.2 Å². The summed E-state index contributed by atoms with van der Waals surface area (Å²) in [5.74, 6) is -1.29. The van der Waals surface area contributed by atoms with Gasteiger partial charge >= 0.3 is 12.4 Å². The zero-order chi connectivity index (χ0) is 32.8. The first kappa shape index (κ1) is 33.1. The molecule has 1 aromatic heterocycles. The molecule has 1 aliphatic rings. The first-order valence-corrected chi connectivity index (χ1v) is 13.4. The molecule has 4 rings (SSSR count). The van der Waals surface area contributed by atoms with Crippen LogP contribution in [0.1, 0.15) is 42.5 Å². The summed E-state index contributed by atoms with van der Waals surface area (Å²) in [7, 11) is 1.26. The van der Waals surface area contributed by atoms with Gasteiger partial charge in [-0.05, 0) is 73.4 Å². The fourth-order valence-electron chi connectivity index (χ4n) is 5.35. The third kappa shape index (κ3) is 6.52. The van der Waals surface area contributed by atoms with Gasteiger partial charge in [-0.3, -0.25) is 4.79 Å². The van der Waals surface area contributed by atoms with E-state index in [9.17, 15) is 50.8 Å². The highest BCUT2D eigenvalue weighted by molar-refractivity contribution is 6.03. The Hall–Kier alpha value is -3.75. The number of hydrogen-bond acceptors (Lipinski definition) is 6. The Bertz CT molecular complexity index is 1510. The number of likely N-dealkylation sites (N-methyl/N-ethyl adjacent to an activating group) is 1. The molecule has 2 unspecified atom stereocenters. The Morgan fingerprint density at radius 3 is 2.09 bits per heavy atom. The molecule has 238 valence electrons. The monoisotopic (exact) mass is 629 g/mol. The number of β-amino-alcohol motifs (C(OH)–C–C–N with tert-alkyl or cyclic N) is 1. The first-order chi connectivity index (χ1) is 20.4. The average molecular weight is 630 g/mol. The molecule has 0 saturated carbocycles. The number of aliphatic hydroxyl groups excluding tert-OH is 3. The van der Waals surface area contributed by atoms with Crippen LogP contribution >= 0.6 is 0 Å². The van der Waals surface area contributed by atoms with Crippen molar-refractivity contribution >= 4 is 17.4 Å². The third-order valence-corrected chi connectivity index (χ3v) is 7.80. The summed E-state index contributed by atoms with van der Waals surface area (Å²) < 4.78 is 95.5. The smallest absolute Gasteiger partial charge is 0.394 e. The molecule has 1 aliphatic heterocycles. The molecule has 0 bridgehead atoms. The minimum absolute atomic E-state index is 0.0194. The van der Waals surface area contributed by atoms with Gasteiger partial charge in [0.25, 0.3) is 0 Å². The van der Waals surface area contributed by atoms with Gasteiger partial charge in [0.1, 0.15) is 11.6 Å². The normalized spacial score (nSPS) is 17.7. The van der Waals surface area contributed by atoms with E-state index in [0.717, 1.165) is 17.0 Å². The molecule has 1 amide bonds. The molecule has 0 aliphatic carbocycles. The van der Waals surface area contributed by atoms with Crippen LogP contribution in [0.5, 0.6) is 0 Å². The largest absolute Gasteiger partial charge is 0.416 e. The number of halogens is 7. The summed E-state index contributed by atoms with van der Waals surface area (Å²) >= 11 is 0. The lowest BCUT2D eigenvalue weighted by molar-refractivity contribution is -0.143. The van der Waals surface area contributed by atoms with Crippen molar-refractivity contribution < 1.29 is 50.8 Å². The van der Waals surface area contributed by atoms with E-state index in [-0.39, 0.29) is 53.8 Å². The highest BCUT2D eigenvalue weighted by Crippen LogP contribution is 2.42. The molecule has 14 heteroatoms. The lowest BCUT2D eigenvalue weighted by atomic mass is 9.81. The number of anilines is 2. The zero-order valence-corrected chi connectivity index (χ0v) is 23.8. The van der Waals surface area contributed by atoms with E-state index < -0.39 is 64.9 Å². The number of alkyl halides is 6. The highest BCUT2D eigenvalue weighted by atomic mass is 19.4. The molecular weight excluding hydrogens is 599 g/mol. The highest BCUT2D eigenvalue weighted by Gasteiger charge is 2.41. The maximum absolute atomic E-state index is 14.1. The van der Waals surface area contributed by atoms with E-state index in [4.69, 9.17) is 0 Å². The summed E-state index contributed by atoms with van der Waals surface area (Å²) in [5, 5.41) is 30.0. The zero-order valence-electron chi connectivity index (χ0n) is 23.8. The summed E-state index contributed by atoms with van der Waals surface area (Å²) in [6.07, 6.45) is -9.51. The molecule has 0 radical (unpaired) electrons. The van der Waals surface area contributed by atoms with E-state index in [1.807, 2.05) is 0 Å². The lowest BCUT2D eigenvalue weighted by Crippen LogP contribution is -2.42. The predicted octanol–water partition coefficient (Wildman–Crippen LogP) is 5.29. The van der Waals surface area contributed by atoms with E-state index in [1.54, 1.807) is 4.90 Å². The number of rotatable bonds is 7. The summed E-state index contributed by atoms with van der Waals surface area (Å²) in [6.45, 7) is 1.58. The molecule has 2 heterocycles. The molecule has 1 saturated heterocycles. The molecule has 2 aromatic carbocycles. The quantitative estimate of drug-likeness (QED) is 0.308. The van der Waals surface area contributed by atoms with Crippen LogP contribution in [0, 0.1) is 5.82 Å². The summed E-state index contributed by atoms with van der Waals surface area (Å²) in [6, 6.07) is 5.51. The van der Waals surface area contributed by atoms with Crippen molar-refractivity contribution in [2.45, 2.75) is 56.8 Å². The van der Waals surface area contributed by atoms with E-state index in [1.165, 1.54) is 39.2 Å². The van der Waals surface area contributed by atoms with Gasteiger partial charge in [0.2, 0.25) is 5.91 Å². The number of aromatic nitrogens is 1. The van der Waals surface area contributed by atoms with Gasteiger partial charge in [0.15, 0.2) is 0 Å². The van der Waals surface area contributed by atoms with Crippen molar-refractivity contribution in [1.82, 2.24) is 4.98 Å². The van der Waals surface area contributed by atoms with E-state index in [0.29, 0.717) is 12.1 Å². The number of benzene rings is 2. The fraction of sp³-hybridized carbons (Fsp3) is 0.400. The molecule has 0 spiro atoms. The van der Waals surface area contributed by atoms with Crippen LogP contribution in [0.15, 0.2) is 48.7 Å². The van der Waals surface area contributed by atoms with Gasteiger partial charge < -0.3 is 25.1 Å². The van der Waals surface area contributed by atoms with Gasteiger partial charge in [-0.2, -0.15) is 26.3 Å². The number of amides is 1. The van der Waals surface area contributed by atoms with Crippen LogP contribution < -0.4 is 9.80 Å². The predicted molar refractivity (Wildman–Crippen MR) is 147 cm³/mol. The van der Waals surface area contributed by atoms with Crippen molar-refractivity contribution in [3.63, 3.8) is 0 Å². The molecule has 7 nitrogen and oxygen atoms in total. The van der Waals surface area contributed by atoms with Crippen molar-refractivity contribution in [3.8, 4) is 11.1 Å². The average Bonchev–Trinajstić information content (AvgIpc) is 3.35. The number of aliphatic hydroxyl groups is 3. The standard InChI is InChI=1S/C30H30F7N3O4/c1-28(2,17-7-18(29(32,33)34)9-19(8-17)30(35,36)37)27(44)39(3)25-12-38-26(40-13-22(43)10-21(40)15-42)11-24(25)23-5-4-20(31)6-16(23)14-41/h4-9,11-12,21-22,41-43H,10,13-15H2,1-3H3. The first-order valence-electron chi connectivity index (χ1n) is 13.4. The van der Waals surface area contributed by atoms with Crippen LogP contribution in [0.4, 0.5) is 42.2 Å². The lowest BCUT2D eigenvalue weighted by Gasteiger charge is -2.32. The molecule has 3 aromatic rings. The maximum atomic E-state index is 14.1. The third-order valence-electron chi connectivity index (χ3n) is 7.80. The number of pyridine rings is 1. The van der Waals surface area contributed by atoms with Crippen molar-refractivity contribution in [3.05, 3.63) is 76.7 Å². The van der Waals surface area contributed by atoms with Gasteiger partial charge in [-0.1, -0.05) is 6.07 Å². The molecule has 3 N–H and O–H groups in total. The van der Waals surface area contributed by atoms with Crippen LogP contribution in [-0.4, -0.2) is 58.6 Å². The van der Waals surface area contributed by atoms with Crippen LogP contribution in [0.2, 0.25) is 0 Å². The SMILES string of the molecule is CN(C(=O)C(C)(C)c1cc(C(F)(F)F)cc(C(F)(F)F)c1)c1cnc(N2CC(O)CC2CO)cc1-c1ccc(F)cc1CO. The maximum Gasteiger partial charge on any atom is 0.416 e.